The van der Waals surface area contributed by atoms with Gasteiger partial charge in [0.25, 0.3) is 0 Å². The van der Waals surface area contributed by atoms with Gasteiger partial charge in [0, 0.05) is 12.2 Å². The van der Waals surface area contributed by atoms with Crippen LogP contribution in [0.4, 0.5) is 5.69 Å². The van der Waals surface area contributed by atoms with Gasteiger partial charge < -0.3 is 25.1 Å². The SMILES string of the molecule is CNCC(=Cc1ccc(C(=O)OC)cc1N)B1OC(C)(C)C(C)(C)O1. The number of ether oxygens (including phenoxy) is 1. The third kappa shape index (κ3) is 4.06. The highest BCUT2D eigenvalue weighted by Crippen LogP contribution is 2.38. The molecular weight excluding hydrogens is 319 g/mol. The number of nitrogens with two attached hydrogens (primary N) is 1. The molecule has 1 heterocycles. The van der Waals surface area contributed by atoms with E-state index in [4.69, 9.17) is 19.8 Å². The summed E-state index contributed by atoms with van der Waals surface area (Å²) >= 11 is 0. The van der Waals surface area contributed by atoms with Crippen LogP contribution >= 0.6 is 0 Å². The number of likely N-dealkylation sites (N-methyl/N-ethyl adjacent to an activating group) is 1. The molecule has 0 saturated carbocycles. The van der Waals surface area contributed by atoms with Crippen molar-refractivity contribution < 1.29 is 18.8 Å². The van der Waals surface area contributed by atoms with Gasteiger partial charge in [-0.1, -0.05) is 12.1 Å². The van der Waals surface area contributed by atoms with Gasteiger partial charge in [0.15, 0.2) is 0 Å². The van der Waals surface area contributed by atoms with E-state index in [-0.39, 0.29) is 0 Å². The number of hydrogen-bond acceptors (Lipinski definition) is 6. The van der Waals surface area contributed by atoms with Gasteiger partial charge in [-0.05, 0) is 57.9 Å². The third-order valence-electron chi connectivity index (χ3n) is 4.79. The molecule has 2 rings (SSSR count). The zero-order chi connectivity index (χ0) is 18.8. The molecule has 25 heavy (non-hydrogen) atoms. The van der Waals surface area contributed by atoms with Crippen LogP contribution in [-0.2, 0) is 14.0 Å². The molecule has 6 nitrogen and oxygen atoms in total. The minimum Gasteiger partial charge on any atom is -0.465 e. The Hall–Kier alpha value is -1.83. The van der Waals surface area contributed by atoms with Crippen LogP contribution in [0.3, 0.4) is 0 Å². The van der Waals surface area contributed by atoms with Crippen molar-refractivity contribution in [2.24, 2.45) is 0 Å². The van der Waals surface area contributed by atoms with E-state index < -0.39 is 24.3 Å². The number of esters is 1. The van der Waals surface area contributed by atoms with E-state index in [1.807, 2.05) is 40.8 Å². The quantitative estimate of drug-likeness (QED) is 0.484. The van der Waals surface area contributed by atoms with Gasteiger partial charge >= 0.3 is 13.1 Å². The van der Waals surface area contributed by atoms with Crippen molar-refractivity contribution in [2.75, 3.05) is 26.4 Å². The van der Waals surface area contributed by atoms with Gasteiger partial charge in [0.2, 0.25) is 0 Å². The fourth-order valence-corrected chi connectivity index (χ4v) is 2.55. The Labute approximate surface area is 149 Å². The minimum absolute atomic E-state index is 0.412. The van der Waals surface area contributed by atoms with E-state index >= 15 is 0 Å². The van der Waals surface area contributed by atoms with E-state index in [1.165, 1.54) is 7.11 Å². The fourth-order valence-electron chi connectivity index (χ4n) is 2.55. The molecule has 1 aromatic rings. The Morgan fingerprint density at radius 2 is 1.88 bits per heavy atom. The summed E-state index contributed by atoms with van der Waals surface area (Å²) in [6.07, 6.45) is 1.94. The van der Waals surface area contributed by atoms with Crippen molar-refractivity contribution in [1.82, 2.24) is 5.32 Å². The predicted molar refractivity (Wildman–Crippen MR) is 100 cm³/mol. The molecule has 0 amide bonds. The molecular formula is C18H27BN2O4. The lowest BCUT2D eigenvalue weighted by Gasteiger charge is -2.32. The summed E-state index contributed by atoms with van der Waals surface area (Å²) in [7, 11) is 2.75. The monoisotopic (exact) mass is 346 g/mol. The Balaban J connectivity index is 2.33. The molecule has 0 aliphatic carbocycles. The van der Waals surface area contributed by atoms with Crippen LogP contribution < -0.4 is 11.1 Å². The molecule has 0 spiro atoms. The number of anilines is 1. The molecule has 136 valence electrons. The second-order valence-electron chi connectivity index (χ2n) is 7.17. The summed E-state index contributed by atoms with van der Waals surface area (Å²) in [5, 5.41) is 3.13. The maximum Gasteiger partial charge on any atom is 0.491 e. The number of hydrogen-bond donors (Lipinski definition) is 2. The zero-order valence-corrected chi connectivity index (χ0v) is 15.8. The average Bonchev–Trinajstić information content (AvgIpc) is 2.75. The Bertz CT molecular complexity index is 670. The molecule has 0 bridgehead atoms. The number of rotatable bonds is 5. The predicted octanol–water partition coefficient (Wildman–Crippen LogP) is 2.29. The van der Waals surface area contributed by atoms with Crippen molar-refractivity contribution in [3.05, 3.63) is 34.8 Å². The molecule has 1 aliphatic heterocycles. The largest absolute Gasteiger partial charge is 0.491 e. The van der Waals surface area contributed by atoms with Gasteiger partial charge in [-0.2, -0.15) is 0 Å². The minimum atomic E-state index is -0.461. The number of nitrogens with one attached hydrogen (secondary N) is 1. The van der Waals surface area contributed by atoms with E-state index in [2.05, 4.69) is 5.32 Å². The molecule has 1 fully saturated rings. The van der Waals surface area contributed by atoms with E-state index in [1.54, 1.807) is 18.2 Å². The smallest absolute Gasteiger partial charge is 0.465 e. The lowest BCUT2D eigenvalue weighted by Crippen LogP contribution is -2.41. The van der Waals surface area contributed by atoms with Gasteiger partial charge in [0.1, 0.15) is 0 Å². The highest BCUT2D eigenvalue weighted by atomic mass is 16.7. The van der Waals surface area contributed by atoms with Gasteiger partial charge in [-0.3, -0.25) is 0 Å². The fraction of sp³-hybridized carbons (Fsp3) is 0.500. The Kier molecular flexibility index (Phi) is 5.61. The Morgan fingerprint density at radius 3 is 2.36 bits per heavy atom. The van der Waals surface area contributed by atoms with Crippen LogP contribution in [0.1, 0.15) is 43.6 Å². The van der Waals surface area contributed by atoms with Crippen molar-refractivity contribution in [2.45, 2.75) is 38.9 Å². The molecule has 7 heteroatoms. The highest BCUT2D eigenvalue weighted by molar-refractivity contribution is 6.56. The standard InChI is InChI=1S/C18H27BN2O4/c1-17(2)18(3,4)25-19(24-17)14(11-21-5)9-12-7-8-13(10-15(12)20)16(22)23-6/h7-10,21H,11,20H2,1-6H3. The number of carbonyl (C=O) groups is 1. The van der Waals surface area contributed by atoms with Crippen LogP contribution in [-0.4, -0.2) is 45.0 Å². The topological polar surface area (TPSA) is 82.8 Å². The third-order valence-corrected chi connectivity index (χ3v) is 4.79. The highest BCUT2D eigenvalue weighted by Gasteiger charge is 2.52. The lowest BCUT2D eigenvalue weighted by molar-refractivity contribution is 0.00578. The van der Waals surface area contributed by atoms with Crippen LogP contribution in [0, 0.1) is 0 Å². The van der Waals surface area contributed by atoms with Crippen LogP contribution in [0.15, 0.2) is 23.7 Å². The van der Waals surface area contributed by atoms with Crippen molar-refractivity contribution in [1.29, 1.82) is 0 Å². The molecule has 3 N–H and O–H groups in total. The maximum atomic E-state index is 11.6. The molecule has 1 saturated heterocycles. The first-order valence-corrected chi connectivity index (χ1v) is 8.30. The number of carbonyl (C=O) groups excluding carboxylic acids is 1. The average molecular weight is 346 g/mol. The van der Waals surface area contributed by atoms with Gasteiger partial charge in [-0.25, -0.2) is 4.79 Å². The van der Waals surface area contributed by atoms with Crippen molar-refractivity contribution in [3.63, 3.8) is 0 Å². The summed E-state index contributed by atoms with van der Waals surface area (Å²) in [5.74, 6) is -0.413. The number of methoxy groups -OCH3 is 1. The second-order valence-corrected chi connectivity index (χ2v) is 7.17. The summed E-state index contributed by atoms with van der Waals surface area (Å²) in [5.41, 5.74) is 7.93. The molecule has 0 radical (unpaired) electrons. The summed E-state index contributed by atoms with van der Waals surface area (Å²) in [4.78, 5) is 11.6. The molecule has 1 aromatic carbocycles. The summed E-state index contributed by atoms with van der Waals surface area (Å²) < 4.78 is 17.0. The van der Waals surface area contributed by atoms with Crippen LogP contribution in [0.2, 0.25) is 0 Å². The molecule has 0 unspecified atom stereocenters. The summed E-state index contributed by atoms with van der Waals surface area (Å²) in [6.45, 7) is 8.66. The molecule has 0 atom stereocenters. The lowest BCUT2D eigenvalue weighted by atomic mass is 9.77. The number of nitrogen functional groups attached to an aromatic ring is 1. The molecule has 0 aromatic heterocycles. The molecule has 1 aliphatic rings. The van der Waals surface area contributed by atoms with Gasteiger partial charge in [-0.15, -0.1) is 0 Å². The first-order valence-electron chi connectivity index (χ1n) is 8.30. The first kappa shape index (κ1) is 19.5. The normalized spacial score (nSPS) is 19.1. The van der Waals surface area contributed by atoms with Crippen molar-refractivity contribution in [3.8, 4) is 0 Å². The van der Waals surface area contributed by atoms with E-state index in [9.17, 15) is 4.79 Å². The zero-order valence-electron chi connectivity index (χ0n) is 15.8. The maximum absolute atomic E-state index is 11.6. The van der Waals surface area contributed by atoms with E-state index in [0.717, 1.165) is 11.0 Å². The number of benzene rings is 1. The van der Waals surface area contributed by atoms with E-state index in [0.29, 0.717) is 17.8 Å². The van der Waals surface area contributed by atoms with Crippen LogP contribution in [0.25, 0.3) is 6.08 Å². The van der Waals surface area contributed by atoms with Crippen molar-refractivity contribution >= 4 is 24.9 Å². The van der Waals surface area contributed by atoms with Gasteiger partial charge in [0.05, 0.1) is 23.9 Å². The first-order chi connectivity index (χ1) is 11.6. The van der Waals surface area contributed by atoms with Crippen LogP contribution in [0.5, 0.6) is 0 Å². The second kappa shape index (κ2) is 7.19. The Morgan fingerprint density at radius 1 is 1.28 bits per heavy atom. The summed E-state index contributed by atoms with van der Waals surface area (Å²) in [6, 6.07) is 5.09.